The largest absolute Gasteiger partial charge is 0.504 e. The Balaban J connectivity index is 2.24. The molecule has 0 spiro atoms. The van der Waals surface area contributed by atoms with E-state index in [1.165, 1.54) is 19.2 Å². The Morgan fingerprint density at radius 1 is 1.10 bits per heavy atom. The lowest BCUT2D eigenvalue weighted by Crippen LogP contribution is -2.12. The third-order valence-electron chi connectivity index (χ3n) is 3.15. The second-order valence-corrected chi connectivity index (χ2v) is 4.34. The molecule has 0 bridgehead atoms. The van der Waals surface area contributed by atoms with Crippen LogP contribution in [-0.4, -0.2) is 18.2 Å². The summed E-state index contributed by atoms with van der Waals surface area (Å²) in [5, 5.41) is 9.80. The number of ether oxygens (including phenoxy) is 2. The molecular weight excluding hydrogens is 256 g/mol. The van der Waals surface area contributed by atoms with Crippen molar-refractivity contribution < 1.29 is 19.4 Å². The first-order valence-electron chi connectivity index (χ1n) is 6.10. The van der Waals surface area contributed by atoms with Crippen molar-refractivity contribution in [3.63, 3.8) is 0 Å². The molecule has 20 heavy (non-hydrogen) atoms. The van der Waals surface area contributed by atoms with E-state index >= 15 is 0 Å². The molecule has 3 rings (SSSR count). The minimum absolute atomic E-state index is 0.0161. The highest BCUT2D eigenvalue weighted by Gasteiger charge is 2.21. The van der Waals surface area contributed by atoms with E-state index in [4.69, 9.17) is 9.47 Å². The van der Waals surface area contributed by atoms with Gasteiger partial charge in [-0.25, -0.2) is 4.79 Å². The Bertz CT molecular complexity index is 716. The molecule has 0 saturated carbocycles. The van der Waals surface area contributed by atoms with Gasteiger partial charge in [0.15, 0.2) is 11.5 Å². The quantitative estimate of drug-likeness (QED) is 0.637. The van der Waals surface area contributed by atoms with Crippen LogP contribution in [0.5, 0.6) is 17.2 Å². The zero-order valence-corrected chi connectivity index (χ0v) is 10.8. The van der Waals surface area contributed by atoms with Crippen LogP contribution in [0.15, 0.2) is 36.4 Å². The van der Waals surface area contributed by atoms with Crippen LogP contribution in [0.1, 0.15) is 21.5 Å². The molecule has 0 saturated heterocycles. The molecule has 0 aromatic heterocycles. The second-order valence-electron chi connectivity index (χ2n) is 4.34. The van der Waals surface area contributed by atoms with Crippen LogP contribution in [0.4, 0.5) is 0 Å². The number of aromatic hydroxyl groups is 1. The van der Waals surface area contributed by atoms with E-state index in [-0.39, 0.29) is 11.5 Å². The number of hydrogen-bond donors (Lipinski definition) is 1. The first-order chi connectivity index (χ1) is 9.70. The van der Waals surface area contributed by atoms with E-state index in [1.807, 2.05) is 18.2 Å². The average Bonchev–Trinajstić information content (AvgIpc) is 2.44. The lowest BCUT2D eigenvalue weighted by atomic mass is 10.0. The van der Waals surface area contributed by atoms with Crippen LogP contribution in [0.3, 0.4) is 0 Å². The number of methoxy groups -OCH3 is 1. The van der Waals surface area contributed by atoms with Gasteiger partial charge >= 0.3 is 5.97 Å². The Morgan fingerprint density at radius 2 is 1.90 bits per heavy atom. The predicted molar refractivity (Wildman–Crippen MR) is 75.0 cm³/mol. The lowest BCUT2D eigenvalue weighted by Gasteiger charge is -2.15. The van der Waals surface area contributed by atoms with E-state index in [1.54, 1.807) is 18.2 Å². The summed E-state index contributed by atoms with van der Waals surface area (Å²) >= 11 is 0. The lowest BCUT2D eigenvalue weighted by molar-refractivity contribution is 0.0733. The molecule has 0 atom stereocenters. The van der Waals surface area contributed by atoms with Crippen LogP contribution in [-0.2, 0) is 0 Å². The monoisotopic (exact) mass is 268 g/mol. The second kappa shape index (κ2) is 4.74. The summed E-state index contributed by atoms with van der Waals surface area (Å²) in [6, 6.07) is 10.2. The van der Waals surface area contributed by atoms with Crippen LogP contribution >= 0.6 is 0 Å². The maximum absolute atomic E-state index is 12.2. The molecule has 100 valence electrons. The van der Waals surface area contributed by atoms with Gasteiger partial charge in [-0.15, -0.1) is 0 Å². The zero-order chi connectivity index (χ0) is 14.1. The van der Waals surface area contributed by atoms with Gasteiger partial charge in [0.1, 0.15) is 5.75 Å². The fourth-order valence-electron chi connectivity index (χ4n) is 2.19. The van der Waals surface area contributed by atoms with Crippen molar-refractivity contribution in [3.8, 4) is 17.2 Å². The standard InChI is InChI=1S/C16H12O4/c1-19-15-11-7-6-10-4-2-3-5-14(10)20-16(18)12(11)8-9-13(15)17/h2-9,17H,1H3/b7-6-. The van der Waals surface area contributed by atoms with Crippen molar-refractivity contribution in [2.75, 3.05) is 7.11 Å². The van der Waals surface area contributed by atoms with E-state index in [0.29, 0.717) is 16.9 Å². The number of carbonyl (C=O) groups is 1. The number of phenolic OH excluding ortho intramolecular Hbond substituents is 1. The van der Waals surface area contributed by atoms with Gasteiger partial charge < -0.3 is 14.6 Å². The first-order valence-corrected chi connectivity index (χ1v) is 6.10. The van der Waals surface area contributed by atoms with Crippen molar-refractivity contribution in [2.24, 2.45) is 0 Å². The predicted octanol–water partition coefficient (Wildman–Crippen LogP) is 3.10. The summed E-state index contributed by atoms with van der Waals surface area (Å²) in [5.41, 5.74) is 1.65. The number of rotatable bonds is 1. The van der Waals surface area contributed by atoms with Gasteiger partial charge in [-0.3, -0.25) is 0 Å². The fraction of sp³-hybridized carbons (Fsp3) is 0.0625. The molecule has 0 fully saturated rings. The number of carbonyl (C=O) groups excluding carboxylic acids is 1. The maximum Gasteiger partial charge on any atom is 0.344 e. The minimum Gasteiger partial charge on any atom is -0.504 e. The maximum atomic E-state index is 12.2. The highest BCUT2D eigenvalue weighted by Crippen LogP contribution is 2.36. The molecule has 0 aliphatic carbocycles. The average molecular weight is 268 g/mol. The highest BCUT2D eigenvalue weighted by molar-refractivity contribution is 5.99. The number of benzene rings is 2. The Morgan fingerprint density at radius 3 is 2.70 bits per heavy atom. The topological polar surface area (TPSA) is 55.8 Å². The SMILES string of the molecule is COc1c(O)ccc2c1/C=C\c1ccccc1OC2=O. The Labute approximate surface area is 115 Å². The summed E-state index contributed by atoms with van der Waals surface area (Å²) in [6.45, 7) is 0. The van der Waals surface area contributed by atoms with Gasteiger partial charge in [-0.1, -0.05) is 24.3 Å². The van der Waals surface area contributed by atoms with Gasteiger partial charge in [0.05, 0.1) is 12.7 Å². The van der Waals surface area contributed by atoms with Crippen molar-refractivity contribution in [2.45, 2.75) is 0 Å². The van der Waals surface area contributed by atoms with Crippen molar-refractivity contribution in [1.82, 2.24) is 0 Å². The summed E-state index contributed by atoms with van der Waals surface area (Å²) < 4.78 is 10.5. The number of esters is 1. The molecule has 1 aliphatic heterocycles. The Hall–Kier alpha value is -2.75. The molecule has 1 aliphatic rings. The molecule has 4 heteroatoms. The summed E-state index contributed by atoms with van der Waals surface area (Å²) in [4.78, 5) is 12.2. The minimum atomic E-state index is -0.477. The van der Waals surface area contributed by atoms with E-state index in [9.17, 15) is 9.90 Å². The van der Waals surface area contributed by atoms with E-state index < -0.39 is 5.97 Å². The first kappa shape index (κ1) is 12.3. The van der Waals surface area contributed by atoms with Gasteiger partial charge in [-0.2, -0.15) is 0 Å². The van der Waals surface area contributed by atoms with Crippen molar-refractivity contribution in [3.05, 3.63) is 53.1 Å². The molecular formula is C16H12O4. The number of fused-ring (bicyclic) bond motifs is 2. The van der Waals surface area contributed by atoms with Crippen LogP contribution in [0.2, 0.25) is 0 Å². The van der Waals surface area contributed by atoms with Gasteiger partial charge in [0, 0.05) is 11.1 Å². The molecule has 4 nitrogen and oxygen atoms in total. The molecule has 0 radical (unpaired) electrons. The van der Waals surface area contributed by atoms with E-state index in [0.717, 1.165) is 5.56 Å². The third kappa shape index (κ3) is 1.91. The van der Waals surface area contributed by atoms with Gasteiger partial charge in [-0.05, 0) is 24.3 Å². The van der Waals surface area contributed by atoms with Gasteiger partial charge in [0.25, 0.3) is 0 Å². The summed E-state index contributed by atoms with van der Waals surface area (Å²) in [7, 11) is 1.45. The van der Waals surface area contributed by atoms with E-state index in [2.05, 4.69) is 0 Å². The Kier molecular flexibility index (Phi) is 2.91. The van der Waals surface area contributed by atoms with Gasteiger partial charge in [0.2, 0.25) is 0 Å². The number of hydrogen-bond acceptors (Lipinski definition) is 4. The fourth-order valence-corrected chi connectivity index (χ4v) is 2.19. The van der Waals surface area contributed by atoms with Crippen LogP contribution in [0, 0.1) is 0 Å². The molecule has 1 heterocycles. The summed E-state index contributed by atoms with van der Waals surface area (Å²) in [6.07, 6.45) is 3.57. The molecule has 2 aromatic rings. The summed E-state index contributed by atoms with van der Waals surface area (Å²) in [5.74, 6) is 0.272. The highest BCUT2D eigenvalue weighted by atomic mass is 16.5. The van der Waals surface area contributed by atoms with Crippen molar-refractivity contribution in [1.29, 1.82) is 0 Å². The number of phenols is 1. The van der Waals surface area contributed by atoms with Crippen molar-refractivity contribution >= 4 is 18.1 Å². The normalized spacial score (nSPS) is 14.3. The van der Waals surface area contributed by atoms with Crippen LogP contribution in [0.25, 0.3) is 12.2 Å². The third-order valence-corrected chi connectivity index (χ3v) is 3.15. The molecule has 1 N–H and O–H groups in total. The number of para-hydroxylation sites is 1. The smallest absolute Gasteiger partial charge is 0.344 e. The molecule has 2 aromatic carbocycles. The zero-order valence-electron chi connectivity index (χ0n) is 10.8. The molecule has 0 unspecified atom stereocenters. The van der Waals surface area contributed by atoms with Crippen LogP contribution < -0.4 is 9.47 Å². The molecule has 0 amide bonds.